The Morgan fingerprint density at radius 1 is 1.00 bits per heavy atom. The van der Waals surface area contributed by atoms with Crippen LogP contribution in [0.4, 0.5) is 18.9 Å². The molecule has 2 atom stereocenters. The zero-order valence-corrected chi connectivity index (χ0v) is 23.9. The van der Waals surface area contributed by atoms with E-state index in [0.29, 0.717) is 18.5 Å². The highest BCUT2D eigenvalue weighted by Gasteiger charge is 2.43. The largest absolute Gasteiger partial charge is 0.466 e. The molecule has 4 rings (SSSR count). The van der Waals surface area contributed by atoms with Crippen molar-refractivity contribution in [1.82, 2.24) is 0 Å². The predicted octanol–water partition coefficient (Wildman–Crippen LogP) is 8.98. The van der Waals surface area contributed by atoms with Crippen LogP contribution in [0.25, 0.3) is 11.1 Å². The van der Waals surface area contributed by atoms with E-state index in [9.17, 15) is 4.79 Å². The van der Waals surface area contributed by atoms with Crippen LogP contribution in [0.3, 0.4) is 0 Å². The van der Waals surface area contributed by atoms with Gasteiger partial charge in [0.15, 0.2) is 0 Å². The monoisotopic (exact) mass is 551 g/mol. The van der Waals surface area contributed by atoms with E-state index in [-0.39, 0.29) is 36.2 Å². The maximum Gasteiger partial charge on any atom is 0.418 e. The molecule has 3 aromatic rings. The van der Waals surface area contributed by atoms with Crippen LogP contribution in [-0.4, -0.2) is 25.2 Å². The van der Waals surface area contributed by atoms with Crippen molar-refractivity contribution in [2.75, 3.05) is 18.1 Å². The molecule has 6 heteroatoms. The lowest BCUT2D eigenvalue weighted by molar-refractivity contribution is -0.146. The van der Waals surface area contributed by atoms with Gasteiger partial charge in [-0.15, -0.1) is 0 Å². The summed E-state index contributed by atoms with van der Waals surface area (Å²) in [5.41, 5.74) is 3.26. The van der Waals surface area contributed by atoms with E-state index in [4.69, 9.17) is 4.74 Å². The fraction of sp³-hybridized carbons (Fsp3) is 0.441. The lowest BCUT2D eigenvalue weighted by Crippen LogP contribution is -2.42. The second-order valence-corrected chi connectivity index (χ2v) is 11.2. The van der Waals surface area contributed by atoms with Gasteiger partial charge in [0, 0.05) is 12.6 Å². The van der Waals surface area contributed by atoms with Gasteiger partial charge in [-0.1, -0.05) is 68.4 Å². The number of benzene rings is 3. The van der Waals surface area contributed by atoms with E-state index in [1.165, 1.54) is 0 Å². The van der Waals surface area contributed by atoms with Crippen molar-refractivity contribution in [1.29, 1.82) is 0 Å². The van der Waals surface area contributed by atoms with E-state index in [2.05, 4.69) is 6.07 Å². The number of piperidine rings is 1. The number of aryl methyl sites for hydroxylation is 1. The van der Waals surface area contributed by atoms with Crippen molar-refractivity contribution in [3.63, 3.8) is 0 Å². The summed E-state index contributed by atoms with van der Waals surface area (Å²) in [6.45, 7) is 8.23. The Hall–Kier alpha value is -3.28. The molecule has 0 aliphatic carbocycles. The highest BCUT2D eigenvalue weighted by Crippen LogP contribution is 2.47. The molecule has 0 spiro atoms. The number of rotatable bonds is 9. The lowest BCUT2D eigenvalue weighted by atomic mass is 9.83. The Morgan fingerprint density at radius 2 is 1.70 bits per heavy atom. The number of esters is 1. The lowest BCUT2D eigenvalue weighted by Gasteiger charge is -2.40. The predicted molar refractivity (Wildman–Crippen MR) is 156 cm³/mol. The molecule has 3 nitrogen and oxygen atoms in total. The number of carbonyl (C=O) groups excluding carboxylic acids is 1. The summed E-state index contributed by atoms with van der Waals surface area (Å²) in [5.74, 6) is -1.62. The molecule has 0 radical (unpaired) electrons. The molecule has 3 aromatic carbocycles. The first kappa shape index (κ1) is 29.7. The van der Waals surface area contributed by atoms with Crippen molar-refractivity contribution < 1.29 is 22.7 Å². The van der Waals surface area contributed by atoms with Gasteiger partial charge in [0.05, 0.1) is 23.8 Å². The molecule has 0 aromatic heterocycles. The highest BCUT2D eigenvalue weighted by molar-refractivity contribution is 5.83. The van der Waals surface area contributed by atoms with E-state index in [1.807, 2.05) is 74.2 Å². The standard InChI is InChI=1S/C34H40F3NO2/c1-5-40-33(39)30(19-23(2)3)29-21-27(25-14-7-6-8-15-25)22-31(32(29)34(35,36)37)38-18-12-11-17-28(38)20-26-16-10-9-13-24(26)4/h6-10,13-16,21-23,28,30H,5,11-12,17-20H2,1-4H3. The average Bonchev–Trinajstić information content (AvgIpc) is 2.92. The SMILES string of the molecule is CCOC(=O)C(CC(C)C)c1cc(-c2ccccc2)cc(N2CCCCC2Cc2ccccc2C)c1C(F)(F)F. The van der Waals surface area contributed by atoms with Gasteiger partial charge in [-0.2, -0.15) is 13.2 Å². The molecule has 0 bridgehead atoms. The normalized spacial score (nSPS) is 16.7. The summed E-state index contributed by atoms with van der Waals surface area (Å²) < 4.78 is 50.9. The van der Waals surface area contributed by atoms with Crippen LogP contribution < -0.4 is 4.90 Å². The average molecular weight is 552 g/mol. The van der Waals surface area contributed by atoms with Crippen LogP contribution in [0.5, 0.6) is 0 Å². The Morgan fingerprint density at radius 3 is 2.35 bits per heavy atom. The molecule has 2 unspecified atom stereocenters. The van der Waals surface area contributed by atoms with E-state index < -0.39 is 23.6 Å². The molecule has 1 saturated heterocycles. The zero-order chi connectivity index (χ0) is 28.9. The van der Waals surface area contributed by atoms with Crippen molar-refractivity contribution in [3.05, 3.63) is 89.0 Å². The Kier molecular flexibility index (Phi) is 9.60. The second-order valence-electron chi connectivity index (χ2n) is 11.2. The minimum atomic E-state index is -4.65. The summed E-state index contributed by atoms with van der Waals surface area (Å²) in [5, 5.41) is 0. The van der Waals surface area contributed by atoms with Crippen molar-refractivity contribution in [2.24, 2.45) is 5.92 Å². The molecule has 0 N–H and O–H groups in total. The first-order valence-corrected chi connectivity index (χ1v) is 14.4. The van der Waals surface area contributed by atoms with Gasteiger partial charge < -0.3 is 9.64 Å². The Balaban J connectivity index is 1.96. The van der Waals surface area contributed by atoms with Gasteiger partial charge >= 0.3 is 12.1 Å². The first-order valence-electron chi connectivity index (χ1n) is 14.4. The number of alkyl halides is 3. The van der Waals surface area contributed by atoms with Crippen molar-refractivity contribution >= 4 is 11.7 Å². The van der Waals surface area contributed by atoms with E-state index >= 15 is 13.2 Å². The van der Waals surface area contributed by atoms with Crippen LogP contribution in [0.2, 0.25) is 0 Å². The Labute approximate surface area is 236 Å². The molecule has 1 aliphatic rings. The smallest absolute Gasteiger partial charge is 0.418 e. The number of nitrogens with zero attached hydrogens (tertiary/aromatic N) is 1. The van der Waals surface area contributed by atoms with E-state index in [0.717, 1.165) is 36.0 Å². The van der Waals surface area contributed by atoms with Crippen LogP contribution in [0.1, 0.15) is 74.6 Å². The molecule has 40 heavy (non-hydrogen) atoms. The summed E-state index contributed by atoms with van der Waals surface area (Å²) in [7, 11) is 0. The quantitative estimate of drug-likeness (QED) is 0.249. The number of hydrogen-bond donors (Lipinski definition) is 0. The molecule has 0 amide bonds. The van der Waals surface area contributed by atoms with Gasteiger partial charge in [0.2, 0.25) is 0 Å². The molecule has 1 heterocycles. The summed E-state index contributed by atoms with van der Waals surface area (Å²) in [4.78, 5) is 15.2. The molecule has 0 saturated carbocycles. The maximum atomic E-state index is 15.2. The van der Waals surface area contributed by atoms with Crippen LogP contribution in [0.15, 0.2) is 66.7 Å². The van der Waals surface area contributed by atoms with Crippen LogP contribution in [-0.2, 0) is 22.1 Å². The van der Waals surface area contributed by atoms with E-state index in [1.54, 1.807) is 19.1 Å². The summed E-state index contributed by atoms with van der Waals surface area (Å²) in [6.07, 6.45) is -1.11. The van der Waals surface area contributed by atoms with Gasteiger partial charge in [0.1, 0.15) is 0 Å². The van der Waals surface area contributed by atoms with Crippen LogP contribution in [0, 0.1) is 12.8 Å². The third kappa shape index (κ3) is 6.89. The number of carbonyl (C=O) groups is 1. The molecule has 214 valence electrons. The third-order valence-electron chi connectivity index (χ3n) is 7.85. The number of anilines is 1. The number of halogens is 3. The van der Waals surface area contributed by atoms with Crippen molar-refractivity contribution in [2.45, 2.75) is 77.9 Å². The maximum absolute atomic E-state index is 15.2. The third-order valence-corrected chi connectivity index (χ3v) is 7.85. The molecule has 1 fully saturated rings. The fourth-order valence-corrected chi connectivity index (χ4v) is 5.94. The number of ether oxygens (including phenoxy) is 1. The van der Waals surface area contributed by atoms with Gasteiger partial charge in [-0.25, -0.2) is 0 Å². The minimum absolute atomic E-state index is 0.00288. The summed E-state index contributed by atoms with van der Waals surface area (Å²) >= 11 is 0. The summed E-state index contributed by atoms with van der Waals surface area (Å²) in [6, 6.07) is 20.7. The van der Waals surface area contributed by atoms with Gasteiger partial charge in [-0.3, -0.25) is 4.79 Å². The first-order chi connectivity index (χ1) is 19.1. The minimum Gasteiger partial charge on any atom is -0.466 e. The number of hydrogen-bond acceptors (Lipinski definition) is 3. The molecule has 1 aliphatic heterocycles. The van der Waals surface area contributed by atoms with Gasteiger partial charge in [-0.05, 0) is 91.8 Å². The Bertz CT molecular complexity index is 1290. The molecular weight excluding hydrogens is 511 g/mol. The van der Waals surface area contributed by atoms with Crippen molar-refractivity contribution in [3.8, 4) is 11.1 Å². The molecular formula is C34H40F3NO2. The van der Waals surface area contributed by atoms with Gasteiger partial charge in [0.25, 0.3) is 0 Å². The zero-order valence-electron chi connectivity index (χ0n) is 23.9. The second kappa shape index (κ2) is 12.9. The topological polar surface area (TPSA) is 29.5 Å². The highest BCUT2D eigenvalue weighted by atomic mass is 19.4. The van der Waals surface area contributed by atoms with Crippen LogP contribution >= 0.6 is 0 Å². The fourth-order valence-electron chi connectivity index (χ4n) is 5.94.